The molecule has 0 amide bonds. The van der Waals surface area contributed by atoms with Crippen LogP contribution in [0.3, 0.4) is 0 Å². The fourth-order valence-electron chi connectivity index (χ4n) is 2.60. The molecule has 1 aliphatic heterocycles. The normalized spacial score (nSPS) is 18.7. The van der Waals surface area contributed by atoms with E-state index in [1.54, 1.807) is 0 Å². The van der Waals surface area contributed by atoms with Gasteiger partial charge in [0, 0.05) is 49.2 Å². The summed E-state index contributed by atoms with van der Waals surface area (Å²) in [5, 5.41) is 3.47. The maximum atomic E-state index is 14.0. The van der Waals surface area contributed by atoms with Gasteiger partial charge in [-0.3, -0.25) is 4.90 Å². The molecule has 1 aromatic rings. The first-order valence-electron chi connectivity index (χ1n) is 6.83. The molecule has 0 unspecified atom stereocenters. The Labute approximate surface area is 126 Å². The minimum atomic E-state index is -4.25. The van der Waals surface area contributed by atoms with Gasteiger partial charge in [-0.1, -0.05) is 11.6 Å². The molecule has 2 nitrogen and oxygen atoms in total. The van der Waals surface area contributed by atoms with Gasteiger partial charge in [-0.2, -0.15) is 13.2 Å². The second-order valence-electron chi connectivity index (χ2n) is 5.12. The zero-order valence-electron chi connectivity index (χ0n) is 11.4. The van der Waals surface area contributed by atoms with Crippen LogP contribution in [0, 0.1) is 5.82 Å². The van der Waals surface area contributed by atoms with Gasteiger partial charge in [0.05, 0.1) is 0 Å². The molecule has 118 valence electrons. The summed E-state index contributed by atoms with van der Waals surface area (Å²) >= 11 is 5.87. The first-order chi connectivity index (χ1) is 9.87. The number of alkyl halides is 3. The maximum Gasteiger partial charge on any atom is 0.389 e. The summed E-state index contributed by atoms with van der Waals surface area (Å²) in [6.45, 7) is 2.55. The number of benzene rings is 1. The largest absolute Gasteiger partial charge is 0.389 e. The van der Waals surface area contributed by atoms with Crippen molar-refractivity contribution in [3.05, 3.63) is 34.6 Å². The molecule has 21 heavy (non-hydrogen) atoms. The van der Waals surface area contributed by atoms with Crippen LogP contribution in [0.2, 0.25) is 5.02 Å². The van der Waals surface area contributed by atoms with Gasteiger partial charge >= 0.3 is 6.18 Å². The van der Waals surface area contributed by atoms with Crippen LogP contribution in [0.4, 0.5) is 17.6 Å². The van der Waals surface area contributed by atoms with Gasteiger partial charge in [0.25, 0.3) is 0 Å². The van der Waals surface area contributed by atoms with Crippen LogP contribution in [0.5, 0.6) is 0 Å². The van der Waals surface area contributed by atoms with E-state index in [2.05, 4.69) is 5.32 Å². The molecule has 0 spiro atoms. The van der Waals surface area contributed by atoms with E-state index < -0.39 is 24.5 Å². The molecule has 7 heteroatoms. The van der Waals surface area contributed by atoms with Crippen molar-refractivity contribution in [2.75, 3.05) is 26.2 Å². The van der Waals surface area contributed by atoms with Crippen LogP contribution in [0.15, 0.2) is 18.2 Å². The molecule has 1 aromatic carbocycles. The highest BCUT2D eigenvalue weighted by molar-refractivity contribution is 6.30. The van der Waals surface area contributed by atoms with E-state index in [-0.39, 0.29) is 12.0 Å². The van der Waals surface area contributed by atoms with Crippen molar-refractivity contribution >= 4 is 11.6 Å². The van der Waals surface area contributed by atoms with Gasteiger partial charge in [0.2, 0.25) is 0 Å². The average Bonchev–Trinajstić information content (AvgIpc) is 2.43. The topological polar surface area (TPSA) is 15.3 Å². The molecule has 0 bridgehead atoms. The molecule has 1 saturated heterocycles. The minimum absolute atomic E-state index is 0.166. The Balaban J connectivity index is 2.23. The lowest BCUT2D eigenvalue weighted by Gasteiger charge is -2.35. The number of nitrogens with zero attached hydrogens (tertiary/aromatic N) is 1. The second kappa shape index (κ2) is 6.94. The number of piperazine rings is 1. The summed E-state index contributed by atoms with van der Waals surface area (Å²) in [5.41, 5.74) is 0.244. The lowest BCUT2D eigenvalue weighted by atomic mass is 9.98. The van der Waals surface area contributed by atoms with Crippen LogP contribution >= 0.6 is 11.6 Å². The predicted molar refractivity (Wildman–Crippen MR) is 73.9 cm³/mol. The van der Waals surface area contributed by atoms with Crippen LogP contribution in [-0.4, -0.2) is 37.3 Å². The highest BCUT2D eigenvalue weighted by atomic mass is 35.5. The van der Waals surface area contributed by atoms with E-state index in [0.29, 0.717) is 31.2 Å². The number of hydrogen-bond acceptors (Lipinski definition) is 2. The van der Waals surface area contributed by atoms with Gasteiger partial charge in [0.1, 0.15) is 5.82 Å². The standard InChI is InChI=1S/C14H17ClF4N2/c15-10-1-2-12(16)11(9-10)13(3-4-14(17,18)19)21-7-5-20-6-8-21/h1-2,9,13,20H,3-8H2/t13-/m0/s1. The van der Waals surface area contributed by atoms with Gasteiger partial charge in [0.15, 0.2) is 0 Å². The maximum absolute atomic E-state index is 14.0. The Morgan fingerprint density at radius 3 is 2.52 bits per heavy atom. The SMILES string of the molecule is Fc1ccc(Cl)cc1[C@H](CCC(F)(F)F)N1CCNCC1. The molecular weight excluding hydrogens is 308 g/mol. The Morgan fingerprint density at radius 1 is 1.24 bits per heavy atom. The summed E-state index contributed by atoms with van der Waals surface area (Å²) in [7, 11) is 0. The monoisotopic (exact) mass is 324 g/mol. The number of halogens is 5. The summed E-state index contributed by atoms with van der Waals surface area (Å²) in [6.07, 6.45) is -5.35. The first kappa shape index (κ1) is 16.5. The van der Waals surface area contributed by atoms with Crippen molar-refractivity contribution in [3.8, 4) is 0 Å². The van der Waals surface area contributed by atoms with E-state index in [0.717, 1.165) is 0 Å². The highest BCUT2D eigenvalue weighted by Crippen LogP contribution is 2.34. The molecule has 0 aromatic heterocycles. The fraction of sp³-hybridized carbons (Fsp3) is 0.571. The van der Waals surface area contributed by atoms with Crippen molar-refractivity contribution in [2.45, 2.75) is 25.1 Å². The smallest absolute Gasteiger partial charge is 0.314 e. The highest BCUT2D eigenvalue weighted by Gasteiger charge is 2.32. The second-order valence-corrected chi connectivity index (χ2v) is 5.56. The Morgan fingerprint density at radius 2 is 1.90 bits per heavy atom. The summed E-state index contributed by atoms with van der Waals surface area (Å²) < 4.78 is 51.6. The zero-order chi connectivity index (χ0) is 15.5. The van der Waals surface area contributed by atoms with Crippen molar-refractivity contribution in [2.24, 2.45) is 0 Å². The number of nitrogens with one attached hydrogen (secondary N) is 1. The fourth-order valence-corrected chi connectivity index (χ4v) is 2.78. The van der Waals surface area contributed by atoms with Crippen LogP contribution in [-0.2, 0) is 0 Å². The summed E-state index contributed by atoms with van der Waals surface area (Å²) in [5.74, 6) is -0.509. The van der Waals surface area contributed by atoms with Gasteiger partial charge in [-0.05, 0) is 24.6 Å². The van der Waals surface area contributed by atoms with E-state index in [1.165, 1.54) is 18.2 Å². The van der Waals surface area contributed by atoms with Crippen molar-refractivity contribution < 1.29 is 17.6 Å². The van der Waals surface area contributed by atoms with E-state index >= 15 is 0 Å². The summed E-state index contributed by atoms with van der Waals surface area (Å²) in [4.78, 5) is 1.89. The molecular formula is C14H17ClF4N2. The number of hydrogen-bond donors (Lipinski definition) is 1. The predicted octanol–water partition coefficient (Wildman–Crippen LogP) is 3.77. The molecule has 1 heterocycles. The molecule has 0 aliphatic carbocycles. The van der Waals surface area contributed by atoms with E-state index in [4.69, 9.17) is 11.6 Å². The van der Waals surface area contributed by atoms with Crippen molar-refractivity contribution in [1.29, 1.82) is 0 Å². The van der Waals surface area contributed by atoms with Gasteiger partial charge < -0.3 is 5.32 Å². The Hall–Kier alpha value is -0.850. The molecule has 2 rings (SSSR count). The van der Waals surface area contributed by atoms with E-state index in [1.807, 2.05) is 4.90 Å². The summed E-state index contributed by atoms with van der Waals surface area (Å²) in [6, 6.07) is 3.44. The molecule has 1 aliphatic rings. The molecule has 0 saturated carbocycles. The molecule has 1 N–H and O–H groups in total. The van der Waals surface area contributed by atoms with Gasteiger partial charge in [-0.25, -0.2) is 4.39 Å². The minimum Gasteiger partial charge on any atom is -0.314 e. The average molecular weight is 325 g/mol. The van der Waals surface area contributed by atoms with Crippen LogP contribution in [0.25, 0.3) is 0 Å². The lowest BCUT2D eigenvalue weighted by molar-refractivity contribution is -0.138. The first-order valence-corrected chi connectivity index (χ1v) is 7.21. The number of rotatable bonds is 4. The lowest BCUT2D eigenvalue weighted by Crippen LogP contribution is -2.45. The Kier molecular flexibility index (Phi) is 5.46. The van der Waals surface area contributed by atoms with Crippen molar-refractivity contribution in [1.82, 2.24) is 10.2 Å². The third-order valence-corrected chi connectivity index (χ3v) is 3.85. The van der Waals surface area contributed by atoms with Crippen molar-refractivity contribution in [3.63, 3.8) is 0 Å². The Bertz CT molecular complexity index is 473. The third-order valence-electron chi connectivity index (χ3n) is 3.61. The van der Waals surface area contributed by atoms with Gasteiger partial charge in [-0.15, -0.1) is 0 Å². The van der Waals surface area contributed by atoms with Crippen LogP contribution in [0.1, 0.15) is 24.4 Å². The molecule has 0 radical (unpaired) electrons. The molecule has 1 atom stereocenters. The quantitative estimate of drug-likeness (QED) is 0.848. The van der Waals surface area contributed by atoms with E-state index in [9.17, 15) is 17.6 Å². The zero-order valence-corrected chi connectivity index (χ0v) is 12.1. The van der Waals surface area contributed by atoms with Crippen LogP contribution < -0.4 is 5.32 Å². The molecule has 1 fully saturated rings. The third kappa shape index (κ3) is 4.83.